The highest BCUT2D eigenvalue weighted by Crippen LogP contribution is 2.23. The average molecular weight is 287 g/mol. The van der Waals surface area contributed by atoms with Crippen LogP contribution in [0.2, 0.25) is 0 Å². The molecule has 0 amide bonds. The Hall–Kier alpha value is -1.65. The van der Waals surface area contributed by atoms with Crippen molar-refractivity contribution in [3.05, 3.63) is 36.0 Å². The van der Waals surface area contributed by atoms with Gasteiger partial charge in [-0.25, -0.2) is 4.98 Å². The van der Waals surface area contributed by atoms with Crippen molar-refractivity contribution in [2.45, 2.75) is 25.9 Å². The molecule has 0 aliphatic carbocycles. The van der Waals surface area contributed by atoms with Gasteiger partial charge in [0.05, 0.1) is 12.8 Å². The topological polar surface area (TPSA) is 37.4 Å². The number of likely N-dealkylation sites (N-methyl/N-ethyl adjacent to an activating group) is 1. The first-order chi connectivity index (χ1) is 9.94. The number of methoxy groups -OCH3 is 1. The van der Waals surface area contributed by atoms with E-state index < -0.39 is 0 Å². The first-order valence-corrected chi connectivity index (χ1v) is 7.25. The minimum Gasteiger partial charge on any atom is -0.494 e. The molecule has 1 heterocycles. The Morgan fingerprint density at radius 3 is 2.62 bits per heavy atom. The molecular weight excluding hydrogens is 262 g/mol. The molecule has 4 heteroatoms. The number of para-hydroxylation sites is 1. The van der Waals surface area contributed by atoms with Crippen molar-refractivity contribution in [2.75, 3.05) is 27.7 Å². The van der Waals surface area contributed by atoms with Gasteiger partial charge in [0.1, 0.15) is 11.3 Å². The summed E-state index contributed by atoms with van der Waals surface area (Å²) in [5, 5.41) is 4.58. The molecule has 2 rings (SSSR count). The SMILES string of the molecule is COc1cccc2ccc(CNCC(C)(C)N(C)C)nc12. The smallest absolute Gasteiger partial charge is 0.145 e. The summed E-state index contributed by atoms with van der Waals surface area (Å²) >= 11 is 0. The van der Waals surface area contributed by atoms with Crippen molar-refractivity contribution in [3.8, 4) is 5.75 Å². The van der Waals surface area contributed by atoms with Crippen LogP contribution in [0, 0.1) is 0 Å². The highest BCUT2D eigenvalue weighted by atomic mass is 16.5. The maximum absolute atomic E-state index is 5.38. The number of nitrogens with zero attached hydrogens (tertiary/aromatic N) is 2. The summed E-state index contributed by atoms with van der Waals surface area (Å²) in [5.41, 5.74) is 2.07. The number of benzene rings is 1. The molecule has 2 aromatic rings. The van der Waals surface area contributed by atoms with Crippen LogP contribution in [0.3, 0.4) is 0 Å². The fourth-order valence-electron chi connectivity index (χ4n) is 2.08. The number of fused-ring (bicyclic) bond motifs is 1. The second-order valence-corrected chi connectivity index (χ2v) is 6.14. The van der Waals surface area contributed by atoms with Gasteiger partial charge in [-0.2, -0.15) is 0 Å². The lowest BCUT2D eigenvalue weighted by molar-refractivity contribution is 0.189. The molecule has 0 spiro atoms. The van der Waals surface area contributed by atoms with Crippen LogP contribution in [-0.2, 0) is 6.54 Å². The standard InChI is InChI=1S/C17H25N3O/c1-17(2,20(3)4)12-18-11-14-10-9-13-7-6-8-15(21-5)16(13)19-14/h6-10,18H,11-12H2,1-5H3. The summed E-state index contributed by atoms with van der Waals surface area (Å²) in [4.78, 5) is 6.93. The van der Waals surface area contributed by atoms with Crippen molar-refractivity contribution in [1.29, 1.82) is 0 Å². The van der Waals surface area contributed by atoms with E-state index in [4.69, 9.17) is 9.72 Å². The number of rotatable bonds is 6. The van der Waals surface area contributed by atoms with Gasteiger partial charge in [-0.3, -0.25) is 0 Å². The zero-order valence-electron chi connectivity index (χ0n) is 13.6. The predicted octanol–water partition coefficient (Wildman–Crippen LogP) is 2.67. The van der Waals surface area contributed by atoms with Gasteiger partial charge < -0.3 is 15.0 Å². The van der Waals surface area contributed by atoms with Crippen LogP contribution in [0.5, 0.6) is 5.75 Å². The molecule has 0 bridgehead atoms. The van der Waals surface area contributed by atoms with E-state index in [1.165, 1.54) is 0 Å². The Morgan fingerprint density at radius 1 is 1.19 bits per heavy atom. The Kier molecular flexibility index (Phi) is 4.80. The summed E-state index contributed by atoms with van der Waals surface area (Å²) in [6, 6.07) is 10.1. The van der Waals surface area contributed by atoms with Crippen LogP contribution in [0.15, 0.2) is 30.3 Å². The van der Waals surface area contributed by atoms with E-state index in [-0.39, 0.29) is 5.54 Å². The molecule has 0 radical (unpaired) electrons. The number of pyridine rings is 1. The molecule has 0 saturated heterocycles. The van der Waals surface area contributed by atoms with Gasteiger partial charge in [0.2, 0.25) is 0 Å². The first kappa shape index (κ1) is 15.7. The molecule has 0 saturated carbocycles. The molecule has 1 aromatic heterocycles. The second kappa shape index (κ2) is 6.41. The van der Waals surface area contributed by atoms with Crippen LogP contribution >= 0.6 is 0 Å². The van der Waals surface area contributed by atoms with Crippen molar-refractivity contribution >= 4 is 10.9 Å². The Balaban J connectivity index is 2.09. The second-order valence-electron chi connectivity index (χ2n) is 6.14. The number of ether oxygens (including phenoxy) is 1. The largest absolute Gasteiger partial charge is 0.494 e. The predicted molar refractivity (Wildman–Crippen MR) is 87.8 cm³/mol. The molecule has 114 valence electrons. The Bertz CT molecular complexity index is 608. The van der Waals surface area contributed by atoms with E-state index in [2.05, 4.69) is 56.4 Å². The zero-order valence-corrected chi connectivity index (χ0v) is 13.6. The quantitative estimate of drug-likeness (QED) is 0.886. The third-order valence-corrected chi connectivity index (χ3v) is 4.04. The number of hydrogen-bond acceptors (Lipinski definition) is 4. The lowest BCUT2D eigenvalue weighted by Crippen LogP contribution is -2.46. The molecule has 0 aliphatic rings. The maximum atomic E-state index is 5.38. The van der Waals surface area contributed by atoms with Crippen molar-refractivity contribution in [1.82, 2.24) is 15.2 Å². The van der Waals surface area contributed by atoms with Crippen molar-refractivity contribution in [3.63, 3.8) is 0 Å². The summed E-state index contributed by atoms with van der Waals surface area (Å²) in [7, 11) is 5.88. The van der Waals surface area contributed by atoms with Crippen LogP contribution < -0.4 is 10.1 Å². The minimum absolute atomic E-state index is 0.120. The fourth-order valence-corrected chi connectivity index (χ4v) is 2.08. The molecule has 0 atom stereocenters. The lowest BCUT2D eigenvalue weighted by Gasteiger charge is -2.32. The minimum atomic E-state index is 0.120. The van der Waals surface area contributed by atoms with E-state index in [1.807, 2.05) is 12.1 Å². The third kappa shape index (κ3) is 3.71. The van der Waals surface area contributed by atoms with E-state index >= 15 is 0 Å². The van der Waals surface area contributed by atoms with Crippen molar-refractivity contribution in [2.24, 2.45) is 0 Å². The van der Waals surface area contributed by atoms with Gasteiger partial charge >= 0.3 is 0 Å². The number of hydrogen-bond donors (Lipinski definition) is 1. The van der Waals surface area contributed by atoms with Crippen LogP contribution in [0.1, 0.15) is 19.5 Å². The molecule has 21 heavy (non-hydrogen) atoms. The van der Waals surface area contributed by atoms with Gasteiger partial charge in [-0.05, 0) is 40.1 Å². The first-order valence-electron chi connectivity index (χ1n) is 7.25. The zero-order chi connectivity index (χ0) is 15.5. The normalized spacial score (nSPS) is 12.1. The highest BCUT2D eigenvalue weighted by molar-refractivity contribution is 5.84. The van der Waals surface area contributed by atoms with E-state index in [0.717, 1.165) is 35.4 Å². The van der Waals surface area contributed by atoms with Gasteiger partial charge in [0, 0.05) is 24.0 Å². The maximum Gasteiger partial charge on any atom is 0.145 e. The number of nitrogens with one attached hydrogen (secondary N) is 1. The molecule has 0 aliphatic heterocycles. The molecule has 0 unspecified atom stereocenters. The number of aromatic nitrogens is 1. The summed E-state index contributed by atoms with van der Waals surface area (Å²) in [5.74, 6) is 0.822. The summed E-state index contributed by atoms with van der Waals surface area (Å²) in [6.07, 6.45) is 0. The molecular formula is C17H25N3O. The molecule has 4 nitrogen and oxygen atoms in total. The molecule has 0 fully saturated rings. The Morgan fingerprint density at radius 2 is 1.95 bits per heavy atom. The Labute approximate surface area is 127 Å². The monoisotopic (exact) mass is 287 g/mol. The highest BCUT2D eigenvalue weighted by Gasteiger charge is 2.19. The van der Waals surface area contributed by atoms with Crippen LogP contribution in [-0.4, -0.2) is 43.2 Å². The molecule has 1 N–H and O–H groups in total. The van der Waals surface area contributed by atoms with Crippen molar-refractivity contribution < 1.29 is 4.74 Å². The lowest BCUT2D eigenvalue weighted by atomic mass is 10.0. The van der Waals surface area contributed by atoms with Gasteiger partial charge in [0.15, 0.2) is 0 Å². The van der Waals surface area contributed by atoms with Gasteiger partial charge in [0.25, 0.3) is 0 Å². The van der Waals surface area contributed by atoms with E-state index in [9.17, 15) is 0 Å². The average Bonchev–Trinajstić information content (AvgIpc) is 2.46. The fraction of sp³-hybridized carbons (Fsp3) is 0.471. The summed E-state index contributed by atoms with van der Waals surface area (Å²) < 4.78 is 5.38. The van der Waals surface area contributed by atoms with Gasteiger partial charge in [-0.15, -0.1) is 0 Å². The third-order valence-electron chi connectivity index (χ3n) is 4.04. The van der Waals surface area contributed by atoms with Gasteiger partial charge in [-0.1, -0.05) is 18.2 Å². The summed E-state index contributed by atoms with van der Waals surface area (Å²) in [6.45, 7) is 6.10. The van der Waals surface area contributed by atoms with E-state index in [0.29, 0.717) is 0 Å². The van der Waals surface area contributed by atoms with Crippen LogP contribution in [0.4, 0.5) is 0 Å². The molecule has 1 aromatic carbocycles. The van der Waals surface area contributed by atoms with Crippen LogP contribution in [0.25, 0.3) is 10.9 Å². The van der Waals surface area contributed by atoms with E-state index in [1.54, 1.807) is 7.11 Å².